The van der Waals surface area contributed by atoms with Gasteiger partial charge in [0, 0.05) is 24.0 Å². The van der Waals surface area contributed by atoms with Crippen molar-refractivity contribution in [1.29, 1.82) is 0 Å². The molecule has 1 aliphatic heterocycles. The molecule has 6 nitrogen and oxygen atoms in total. The quantitative estimate of drug-likeness (QED) is 0.602. The average Bonchev–Trinajstić information content (AvgIpc) is 2.52. The highest BCUT2D eigenvalue weighted by Crippen LogP contribution is 2.23. The van der Waals surface area contributed by atoms with Crippen molar-refractivity contribution in [2.75, 3.05) is 10.2 Å². The van der Waals surface area contributed by atoms with E-state index >= 15 is 0 Å². The fraction of sp³-hybridized carbons (Fsp3) is 0.438. The van der Waals surface area contributed by atoms with E-state index < -0.39 is 18.4 Å². The van der Waals surface area contributed by atoms with Crippen molar-refractivity contribution in [3.63, 3.8) is 0 Å². The number of aliphatic hydroxyl groups is 2. The smallest absolute Gasteiger partial charge is 0.224 e. The van der Waals surface area contributed by atoms with Gasteiger partial charge in [-0.15, -0.1) is 0 Å². The van der Waals surface area contributed by atoms with Crippen molar-refractivity contribution in [2.45, 2.75) is 45.2 Å². The van der Waals surface area contributed by atoms with Crippen LogP contribution in [0.2, 0.25) is 0 Å². The fourth-order valence-electron chi connectivity index (χ4n) is 2.27. The summed E-state index contributed by atoms with van der Waals surface area (Å²) >= 11 is 0. The second kappa shape index (κ2) is 8.05. The number of hydrogen-bond acceptors (Lipinski definition) is 5. The highest BCUT2D eigenvalue weighted by atomic mass is 19.1. The normalized spacial score (nSPS) is 21.0. The van der Waals surface area contributed by atoms with Gasteiger partial charge >= 0.3 is 0 Å². The van der Waals surface area contributed by atoms with Crippen LogP contribution in [-0.2, 0) is 4.79 Å². The number of aliphatic hydroxyl groups excluding tert-OH is 2. The van der Waals surface area contributed by atoms with Crippen LogP contribution in [0.5, 0.6) is 0 Å². The predicted molar refractivity (Wildman–Crippen MR) is 86.0 cm³/mol. The number of unbranched alkanes of at least 4 members (excludes halogenated alkanes) is 2. The number of anilines is 2. The third kappa shape index (κ3) is 4.75. The molecule has 126 valence electrons. The van der Waals surface area contributed by atoms with Gasteiger partial charge in [0.25, 0.3) is 0 Å². The van der Waals surface area contributed by atoms with Crippen LogP contribution in [0.1, 0.15) is 32.6 Å². The van der Waals surface area contributed by atoms with Gasteiger partial charge in [0.2, 0.25) is 5.91 Å². The van der Waals surface area contributed by atoms with Gasteiger partial charge in [-0.2, -0.15) is 0 Å². The Morgan fingerprint density at radius 2 is 2.00 bits per heavy atom. The van der Waals surface area contributed by atoms with Crippen molar-refractivity contribution in [3.8, 4) is 0 Å². The maximum Gasteiger partial charge on any atom is 0.224 e. The molecule has 0 saturated heterocycles. The van der Waals surface area contributed by atoms with E-state index in [1.165, 1.54) is 4.90 Å². The number of halogens is 1. The van der Waals surface area contributed by atoms with Gasteiger partial charge in [-0.1, -0.05) is 19.8 Å². The second-order valence-corrected chi connectivity index (χ2v) is 5.42. The summed E-state index contributed by atoms with van der Waals surface area (Å²) in [7, 11) is 0. The first-order valence-corrected chi connectivity index (χ1v) is 7.69. The van der Waals surface area contributed by atoms with Crippen LogP contribution >= 0.6 is 0 Å². The van der Waals surface area contributed by atoms with Gasteiger partial charge < -0.3 is 20.4 Å². The predicted octanol–water partition coefficient (Wildman–Crippen LogP) is 2.02. The molecule has 0 radical (unpaired) electrons. The molecule has 1 aromatic carbocycles. The first-order chi connectivity index (χ1) is 11.0. The summed E-state index contributed by atoms with van der Waals surface area (Å²) in [6.45, 7) is 2.08. The molecule has 2 rings (SSSR count). The largest absolute Gasteiger partial charge is 0.372 e. The summed E-state index contributed by atoms with van der Waals surface area (Å²) in [6.07, 6.45) is 1.71. The Balaban J connectivity index is 1.98. The maximum absolute atomic E-state index is 13.4. The van der Waals surface area contributed by atoms with E-state index in [0.717, 1.165) is 25.5 Å². The number of benzene rings is 1. The molecule has 23 heavy (non-hydrogen) atoms. The van der Waals surface area contributed by atoms with E-state index in [1.54, 1.807) is 24.3 Å². The minimum atomic E-state index is -1.51. The Morgan fingerprint density at radius 3 is 2.65 bits per heavy atom. The van der Waals surface area contributed by atoms with Crippen molar-refractivity contribution < 1.29 is 19.4 Å². The maximum atomic E-state index is 13.4. The summed E-state index contributed by atoms with van der Waals surface area (Å²) in [5.41, 5.74) is 1.16. The monoisotopic (exact) mass is 323 g/mol. The molecule has 0 saturated carbocycles. The van der Waals surface area contributed by atoms with E-state index in [0.29, 0.717) is 17.8 Å². The number of carbonyl (C=O) groups excluding carboxylic acids is 1. The minimum absolute atomic E-state index is 0.0417. The van der Waals surface area contributed by atoms with Gasteiger partial charge in [-0.05, 0) is 30.7 Å². The second-order valence-electron chi connectivity index (χ2n) is 5.42. The zero-order valence-electron chi connectivity index (χ0n) is 13.0. The van der Waals surface area contributed by atoms with Gasteiger partial charge in [0.05, 0.1) is 0 Å². The molecule has 2 atom stereocenters. The Kier molecular flexibility index (Phi) is 6.09. The zero-order valence-corrected chi connectivity index (χ0v) is 13.0. The molecule has 1 aliphatic rings. The number of amides is 1. The molecule has 4 N–H and O–H groups in total. The molecule has 0 spiro atoms. The number of rotatable bonds is 6. The molecule has 7 heteroatoms. The van der Waals surface area contributed by atoms with Crippen LogP contribution in [0, 0.1) is 0 Å². The Labute approximate surface area is 134 Å². The van der Waals surface area contributed by atoms with Crippen LogP contribution in [0.15, 0.2) is 36.3 Å². The lowest BCUT2D eigenvalue weighted by Gasteiger charge is -2.33. The Bertz CT molecular complexity index is 562. The molecule has 0 fully saturated rings. The number of hydrogen-bond donors (Lipinski definition) is 4. The van der Waals surface area contributed by atoms with Crippen molar-refractivity contribution in [1.82, 2.24) is 5.32 Å². The Hall–Kier alpha value is -1.96. The van der Waals surface area contributed by atoms with E-state index in [4.69, 9.17) is 0 Å². The fourth-order valence-corrected chi connectivity index (χ4v) is 2.27. The molecule has 1 aromatic rings. The summed E-state index contributed by atoms with van der Waals surface area (Å²) in [6, 6.07) is 6.65. The van der Waals surface area contributed by atoms with Crippen LogP contribution in [-0.4, -0.2) is 28.7 Å². The first-order valence-electron chi connectivity index (χ1n) is 7.69. The lowest BCUT2D eigenvalue weighted by Crippen LogP contribution is -2.52. The standard InChI is InChI=1S/C16H22FN3O3/c1-2-3-4-5-14(21)18-11-6-8-12(9-7-11)20-10-13(17)15(22)19-16(20)23/h6-10,15-16,19,22-23H,2-5H2,1H3,(H,18,21). The van der Waals surface area contributed by atoms with Crippen LogP contribution in [0.3, 0.4) is 0 Å². The lowest BCUT2D eigenvalue weighted by atomic mass is 10.2. The summed E-state index contributed by atoms with van der Waals surface area (Å²) in [4.78, 5) is 13.0. The van der Waals surface area contributed by atoms with Gasteiger partial charge in [0.1, 0.15) is 0 Å². The average molecular weight is 323 g/mol. The SMILES string of the molecule is CCCCCC(=O)Nc1ccc(N2C=C(F)C(O)NC2O)cc1. The van der Waals surface area contributed by atoms with E-state index in [-0.39, 0.29) is 5.91 Å². The number of nitrogens with zero attached hydrogens (tertiary/aromatic N) is 1. The van der Waals surface area contributed by atoms with E-state index in [1.807, 2.05) is 0 Å². The molecule has 0 aliphatic carbocycles. The molecule has 1 heterocycles. The summed E-state index contributed by atoms with van der Waals surface area (Å²) < 4.78 is 13.4. The summed E-state index contributed by atoms with van der Waals surface area (Å²) in [5, 5.41) is 24.1. The van der Waals surface area contributed by atoms with Crippen molar-refractivity contribution in [2.24, 2.45) is 0 Å². The van der Waals surface area contributed by atoms with Crippen LogP contribution < -0.4 is 15.5 Å². The Morgan fingerprint density at radius 1 is 1.30 bits per heavy atom. The van der Waals surface area contributed by atoms with E-state index in [9.17, 15) is 19.4 Å². The van der Waals surface area contributed by atoms with Crippen LogP contribution in [0.25, 0.3) is 0 Å². The van der Waals surface area contributed by atoms with Gasteiger partial charge in [0.15, 0.2) is 18.4 Å². The molecule has 2 unspecified atom stereocenters. The van der Waals surface area contributed by atoms with Crippen LogP contribution in [0.4, 0.5) is 15.8 Å². The number of nitrogens with one attached hydrogen (secondary N) is 2. The number of carbonyl (C=O) groups is 1. The topological polar surface area (TPSA) is 84.8 Å². The highest BCUT2D eigenvalue weighted by Gasteiger charge is 2.26. The first kappa shape index (κ1) is 17.4. The molecular formula is C16H22FN3O3. The van der Waals surface area contributed by atoms with E-state index in [2.05, 4.69) is 17.6 Å². The molecular weight excluding hydrogens is 301 g/mol. The molecule has 0 aromatic heterocycles. The van der Waals surface area contributed by atoms with Crippen molar-refractivity contribution in [3.05, 3.63) is 36.3 Å². The highest BCUT2D eigenvalue weighted by molar-refractivity contribution is 5.90. The molecule has 0 bridgehead atoms. The van der Waals surface area contributed by atoms with Gasteiger partial charge in [-0.3, -0.25) is 4.79 Å². The third-order valence-corrected chi connectivity index (χ3v) is 3.55. The van der Waals surface area contributed by atoms with Crippen molar-refractivity contribution >= 4 is 17.3 Å². The lowest BCUT2D eigenvalue weighted by molar-refractivity contribution is -0.116. The van der Waals surface area contributed by atoms with Gasteiger partial charge in [-0.25, -0.2) is 9.71 Å². The summed E-state index contributed by atoms with van der Waals surface area (Å²) in [5.74, 6) is -0.830. The zero-order chi connectivity index (χ0) is 16.8. The minimum Gasteiger partial charge on any atom is -0.372 e. The third-order valence-electron chi connectivity index (χ3n) is 3.55. The molecule has 1 amide bonds.